The average Bonchev–Trinajstić information content (AvgIpc) is 3.42. The van der Waals surface area contributed by atoms with Crippen LogP contribution in [0, 0.1) is 5.82 Å². The third-order valence-corrected chi connectivity index (χ3v) is 9.06. The van der Waals surface area contributed by atoms with Gasteiger partial charge in [-0.1, -0.05) is 103 Å². The first-order valence-electron chi connectivity index (χ1n) is 15.3. The van der Waals surface area contributed by atoms with Crippen molar-refractivity contribution >= 4 is 25.4 Å². The maximum absolute atomic E-state index is 13.7. The number of nitrogens with zero attached hydrogens (tertiary/aromatic N) is 2. The fourth-order valence-corrected chi connectivity index (χ4v) is 6.39. The van der Waals surface area contributed by atoms with E-state index < -0.39 is 36.8 Å². The Labute approximate surface area is 248 Å². The molecule has 1 fully saturated rings. The summed E-state index contributed by atoms with van der Waals surface area (Å²) in [5.41, 5.74) is 3.91. The molecular weight excluding hydrogens is 572 g/mol. The van der Waals surface area contributed by atoms with Gasteiger partial charge in [-0.05, 0) is 6.42 Å². The van der Waals surface area contributed by atoms with Gasteiger partial charge in [-0.2, -0.15) is 4.98 Å². The van der Waals surface area contributed by atoms with Gasteiger partial charge in [0.1, 0.15) is 11.7 Å². The lowest BCUT2D eigenvalue weighted by molar-refractivity contribution is -0.0100. The minimum Gasteiger partial charge on any atom is -0.381 e. The molecule has 0 radical (unpaired) electrons. The first-order valence-corrected chi connectivity index (χ1v) is 17.9. The second kappa shape index (κ2) is 21.6. The van der Waals surface area contributed by atoms with E-state index in [1.165, 1.54) is 102 Å². The number of aromatic nitrogens is 2. The zero-order valence-electron chi connectivity index (χ0n) is 24.7. The average molecular weight is 624 g/mol. The van der Waals surface area contributed by atoms with Crippen molar-refractivity contribution in [1.29, 1.82) is 0 Å². The third-order valence-electron chi connectivity index (χ3n) is 6.98. The van der Waals surface area contributed by atoms with Gasteiger partial charge in [-0.3, -0.25) is 13.6 Å². The Bertz CT molecular complexity index is 942. The van der Waals surface area contributed by atoms with Crippen molar-refractivity contribution in [2.24, 2.45) is 0 Å². The topological polar surface area (TPSA) is 135 Å². The van der Waals surface area contributed by atoms with Crippen LogP contribution < -0.4 is 11.4 Å². The summed E-state index contributed by atoms with van der Waals surface area (Å²) in [5.74, 6) is -1.00. The first-order chi connectivity index (χ1) is 19.8. The summed E-state index contributed by atoms with van der Waals surface area (Å²) in [5, 5.41) is 0. The van der Waals surface area contributed by atoms with Crippen LogP contribution in [0.3, 0.4) is 0 Å². The number of halogens is 1. The number of anilines is 1. The molecule has 13 heteroatoms. The quantitative estimate of drug-likeness (QED) is 0.0869. The summed E-state index contributed by atoms with van der Waals surface area (Å²) in [4.78, 5) is 25.2. The Morgan fingerprint density at radius 2 is 1.54 bits per heavy atom. The Kier molecular flexibility index (Phi) is 19.1. The highest BCUT2D eigenvalue weighted by atomic mass is 32.2. The van der Waals surface area contributed by atoms with Gasteiger partial charge in [0, 0.05) is 12.4 Å². The van der Waals surface area contributed by atoms with Crippen LogP contribution >= 0.6 is 19.6 Å². The lowest BCUT2D eigenvalue weighted by Gasteiger charge is -2.17. The van der Waals surface area contributed by atoms with Crippen LogP contribution in [-0.2, 0) is 23.1 Å². The van der Waals surface area contributed by atoms with Crippen LogP contribution in [0.2, 0.25) is 0 Å². The number of phosphoric acid groups is 1. The number of unbranched alkanes of at least 4 members (excludes halogenated alkanes) is 15. The highest BCUT2D eigenvalue weighted by molar-refractivity contribution is 8.00. The number of rotatable bonds is 25. The Morgan fingerprint density at radius 3 is 2.12 bits per heavy atom. The number of hydrogen-bond acceptors (Lipinski definition) is 9. The lowest BCUT2D eigenvalue weighted by atomic mass is 10.0. The fourth-order valence-electron chi connectivity index (χ4n) is 4.60. The maximum Gasteiger partial charge on any atom is 0.472 e. The SMILES string of the molecule is CCCCCCCCCCCCCCCCCCOCCOP(=O)(O)OC[C@H]1O[C@@H](n2cc(F)c(N)nc2=O)CS1. The van der Waals surface area contributed by atoms with Crippen LogP contribution in [0.4, 0.5) is 10.2 Å². The molecule has 1 aliphatic heterocycles. The molecule has 1 aliphatic rings. The number of nitrogen functional groups attached to an aromatic ring is 1. The monoisotopic (exact) mass is 623 g/mol. The van der Waals surface area contributed by atoms with E-state index in [0.29, 0.717) is 12.4 Å². The molecule has 41 heavy (non-hydrogen) atoms. The summed E-state index contributed by atoms with van der Waals surface area (Å²) >= 11 is 1.26. The number of thioether (sulfide) groups is 1. The molecule has 10 nitrogen and oxygen atoms in total. The molecule has 3 atom stereocenters. The summed E-state index contributed by atoms with van der Waals surface area (Å²) in [6, 6.07) is 0. The normalized spacial score (nSPS) is 18.6. The van der Waals surface area contributed by atoms with Gasteiger partial charge in [0.25, 0.3) is 0 Å². The van der Waals surface area contributed by atoms with E-state index >= 15 is 0 Å². The second-order valence-electron chi connectivity index (χ2n) is 10.5. The highest BCUT2D eigenvalue weighted by Crippen LogP contribution is 2.44. The molecule has 0 aromatic carbocycles. The predicted molar refractivity (Wildman–Crippen MR) is 161 cm³/mol. The van der Waals surface area contributed by atoms with E-state index in [4.69, 9.17) is 24.3 Å². The maximum atomic E-state index is 13.7. The number of nitrogens with two attached hydrogens (primary N) is 1. The van der Waals surface area contributed by atoms with Crippen molar-refractivity contribution in [3.63, 3.8) is 0 Å². The molecule has 0 saturated carbocycles. The van der Waals surface area contributed by atoms with E-state index in [2.05, 4.69) is 11.9 Å². The van der Waals surface area contributed by atoms with Crippen molar-refractivity contribution in [2.75, 3.05) is 37.9 Å². The molecule has 2 rings (SSSR count). The van der Waals surface area contributed by atoms with Gasteiger partial charge in [0.2, 0.25) is 0 Å². The number of hydrogen-bond donors (Lipinski definition) is 2. The lowest BCUT2D eigenvalue weighted by Crippen LogP contribution is -2.30. The fraction of sp³-hybridized carbons (Fsp3) is 0.857. The molecule has 0 spiro atoms. The molecule has 1 unspecified atom stereocenters. The molecule has 2 heterocycles. The summed E-state index contributed by atoms with van der Waals surface area (Å²) in [7, 11) is -4.29. The van der Waals surface area contributed by atoms with E-state index in [1.54, 1.807) is 0 Å². The molecular formula is C28H51FN3O7PS. The smallest absolute Gasteiger partial charge is 0.381 e. The van der Waals surface area contributed by atoms with Gasteiger partial charge in [-0.15, -0.1) is 11.8 Å². The minimum absolute atomic E-state index is 0.0697. The Morgan fingerprint density at radius 1 is 0.976 bits per heavy atom. The standard InChI is InChI=1S/C28H51FN3O7PS/c1-2-3-4-5-6-7-8-9-10-11-12-13-14-15-16-17-18-36-19-20-37-40(34,35)38-22-26-39-25(23-41-26)32-21-24(29)27(30)31-28(32)33/h21,25-26H,2-20,22-23H2,1H3,(H,34,35)(H2,30,31,33)/t25-,26+/m1/s1. The third kappa shape index (κ3) is 16.4. The van der Waals surface area contributed by atoms with Gasteiger partial charge >= 0.3 is 13.5 Å². The molecule has 238 valence electrons. The molecule has 1 aromatic rings. The second-order valence-corrected chi connectivity index (χ2v) is 13.2. The summed E-state index contributed by atoms with van der Waals surface area (Å²) < 4.78 is 47.8. The molecule has 1 aromatic heterocycles. The summed E-state index contributed by atoms with van der Waals surface area (Å²) in [6.45, 7) is 2.74. The first kappa shape index (κ1) is 36.2. The van der Waals surface area contributed by atoms with Crippen LogP contribution in [0.5, 0.6) is 0 Å². The molecule has 1 saturated heterocycles. The van der Waals surface area contributed by atoms with Gasteiger partial charge < -0.3 is 20.1 Å². The predicted octanol–water partition coefficient (Wildman–Crippen LogP) is 6.96. The van der Waals surface area contributed by atoms with Crippen molar-refractivity contribution in [3.8, 4) is 0 Å². The van der Waals surface area contributed by atoms with Crippen LogP contribution in [-0.4, -0.2) is 52.1 Å². The van der Waals surface area contributed by atoms with Crippen LogP contribution in [0.15, 0.2) is 11.0 Å². The van der Waals surface area contributed by atoms with Crippen molar-refractivity contribution < 1.29 is 32.4 Å². The molecule has 0 amide bonds. The van der Waals surface area contributed by atoms with E-state index in [9.17, 15) is 18.6 Å². The van der Waals surface area contributed by atoms with Crippen LogP contribution in [0.25, 0.3) is 0 Å². The zero-order valence-corrected chi connectivity index (χ0v) is 26.4. The number of ether oxygens (including phenoxy) is 2. The van der Waals surface area contributed by atoms with Gasteiger partial charge in [0.05, 0.1) is 26.0 Å². The van der Waals surface area contributed by atoms with E-state index in [-0.39, 0.29) is 19.8 Å². The van der Waals surface area contributed by atoms with Gasteiger partial charge in [0.15, 0.2) is 11.6 Å². The highest BCUT2D eigenvalue weighted by Gasteiger charge is 2.31. The van der Waals surface area contributed by atoms with Crippen molar-refractivity contribution in [1.82, 2.24) is 9.55 Å². The van der Waals surface area contributed by atoms with Crippen molar-refractivity contribution in [3.05, 3.63) is 22.5 Å². The van der Waals surface area contributed by atoms with Crippen LogP contribution in [0.1, 0.15) is 116 Å². The molecule has 3 N–H and O–H groups in total. The number of phosphoric ester groups is 1. The Hall–Kier alpha value is -1.01. The minimum atomic E-state index is -4.29. The van der Waals surface area contributed by atoms with Crippen molar-refractivity contribution in [2.45, 2.75) is 121 Å². The van der Waals surface area contributed by atoms with Gasteiger partial charge in [-0.25, -0.2) is 13.8 Å². The Balaban J connectivity index is 1.37. The molecule has 0 bridgehead atoms. The van der Waals surface area contributed by atoms with E-state index in [0.717, 1.165) is 23.6 Å². The zero-order chi connectivity index (χ0) is 29.8. The van der Waals surface area contributed by atoms with E-state index in [1.807, 2.05) is 0 Å². The summed E-state index contributed by atoms with van der Waals surface area (Å²) in [6.07, 6.45) is 21.2. The largest absolute Gasteiger partial charge is 0.472 e. The molecule has 0 aliphatic carbocycles.